The van der Waals surface area contributed by atoms with E-state index >= 15 is 0 Å². The van der Waals surface area contributed by atoms with Crippen molar-refractivity contribution in [3.8, 4) is 0 Å². The van der Waals surface area contributed by atoms with E-state index in [2.05, 4.69) is 15.5 Å². The number of hydrogen-bond donors (Lipinski definition) is 3. The van der Waals surface area contributed by atoms with Crippen molar-refractivity contribution in [2.75, 3.05) is 29.9 Å². The zero-order valence-electron chi connectivity index (χ0n) is 19.4. The highest BCUT2D eigenvalue weighted by Crippen LogP contribution is 2.60. The SMILES string of the molecule is NC(=O)c1ccc(N2CCCCC2)c(NC(=O)CCNC(=O)C23CC4CC(CC(C4)C2)C3)c1. The minimum absolute atomic E-state index is 0.152. The van der Waals surface area contributed by atoms with E-state index in [0.29, 0.717) is 17.8 Å². The van der Waals surface area contributed by atoms with Crippen molar-refractivity contribution < 1.29 is 14.4 Å². The highest BCUT2D eigenvalue weighted by molar-refractivity contribution is 5.99. The predicted octanol–water partition coefficient (Wildman–Crippen LogP) is 3.44. The molecule has 5 aliphatic rings. The maximum atomic E-state index is 13.1. The molecule has 0 aromatic heterocycles. The lowest BCUT2D eigenvalue weighted by Gasteiger charge is -2.55. The minimum atomic E-state index is -0.515. The first kappa shape index (κ1) is 22.2. The molecule has 0 radical (unpaired) electrons. The number of anilines is 2. The van der Waals surface area contributed by atoms with Crippen molar-refractivity contribution >= 4 is 29.1 Å². The summed E-state index contributed by atoms with van der Waals surface area (Å²) < 4.78 is 0. The molecule has 4 N–H and O–H groups in total. The smallest absolute Gasteiger partial charge is 0.248 e. The van der Waals surface area contributed by atoms with Crippen LogP contribution in [0.4, 0.5) is 11.4 Å². The van der Waals surface area contributed by atoms with Crippen LogP contribution >= 0.6 is 0 Å². The number of nitrogens with one attached hydrogen (secondary N) is 2. The number of hydrogen-bond acceptors (Lipinski definition) is 4. The van der Waals surface area contributed by atoms with Gasteiger partial charge in [-0.25, -0.2) is 0 Å². The van der Waals surface area contributed by atoms with Crippen molar-refractivity contribution in [2.45, 2.75) is 64.2 Å². The highest BCUT2D eigenvalue weighted by Gasteiger charge is 2.54. The lowest BCUT2D eigenvalue weighted by molar-refractivity contribution is -0.146. The average Bonchev–Trinajstić information content (AvgIpc) is 2.78. The summed E-state index contributed by atoms with van der Waals surface area (Å²) >= 11 is 0. The number of nitrogens with zero attached hydrogens (tertiary/aromatic N) is 1. The Morgan fingerprint density at radius 1 is 0.970 bits per heavy atom. The van der Waals surface area contributed by atoms with Crippen molar-refractivity contribution in [3.05, 3.63) is 23.8 Å². The Morgan fingerprint density at radius 2 is 1.61 bits per heavy atom. The minimum Gasteiger partial charge on any atom is -0.370 e. The van der Waals surface area contributed by atoms with E-state index in [9.17, 15) is 14.4 Å². The maximum Gasteiger partial charge on any atom is 0.248 e. The van der Waals surface area contributed by atoms with Crippen LogP contribution in [0.15, 0.2) is 18.2 Å². The lowest BCUT2D eigenvalue weighted by Crippen LogP contribution is -2.53. The Hall–Kier alpha value is -2.57. The summed E-state index contributed by atoms with van der Waals surface area (Å²) in [6, 6.07) is 5.25. The normalized spacial score (nSPS) is 30.2. The first-order valence-corrected chi connectivity index (χ1v) is 12.7. The van der Waals surface area contributed by atoms with Gasteiger partial charge in [0.05, 0.1) is 11.4 Å². The van der Waals surface area contributed by atoms with Gasteiger partial charge in [0.15, 0.2) is 0 Å². The van der Waals surface area contributed by atoms with Crippen LogP contribution in [-0.2, 0) is 9.59 Å². The van der Waals surface area contributed by atoms with Crippen molar-refractivity contribution in [1.82, 2.24) is 5.32 Å². The van der Waals surface area contributed by atoms with E-state index in [1.807, 2.05) is 6.07 Å². The molecule has 0 spiro atoms. The molecule has 7 heteroatoms. The van der Waals surface area contributed by atoms with Crippen molar-refractivity contribution in [3.63, 3.8) is 0 Å². The van der Waals surface area contributed by atoms with Crippen LogP contribution in [0.2, 0.25) is 0 Å². The second-order valence-electron chi connectivity index (χ2n) is 10.9. The monoisotopic (exact) mass is 452 g/mol. The Kier molecular flexibility index (Phi) is 6.06. The molecule has 1 saturated heterocycles. The summed E-state index contributed by atoms with van der Waals surface area (Å²) in [6.07, 6.45) is 10.6. The molecule has 0 atom stereocenters. The number of nitrogens with two attached hydrogens (primary N) is 1. The zero-order chi connectivity index (χ0) is 23.0. The number of benzene rings is 1. The van der Waals surface area contributed by atoms with Gasteiger partial charge in [-0.3, -0.25) is 14.4 Å². The summed E-state index contributed by atoms with van der Waals surface area (Å²) in [5.74, 6) is 1.63. The van der Waals surface area contributed by atoms with Gasteiger partial charge in [0.1, 0.15) is 0 Å². The van der Waals surface area contributed by atoms with Gasteiger partial charge in [-0.1, -0.05) is 0 Å². The van der Waals surface area contributed by atoms with Gasteiger partial charge in [0, 0.05) is 37.0 Å². The molecule has 1 aromatic carbocycles. The fraction of sp³-hybridized carbons (Fsp3) is 0.654. The van der Waals surface area contributed by atoms with Gasteiger partial charge in [-0.05, 0) is 93.7 Å². The zero-order valence-corrected chi connectivity index (χ0v) is 19.4. The molecule has 1 heterocycles. The van der Waals surface area contributed by atoms with Crippen LogP contribution in [0.3, 0.4) is 0 Å². The van der Waals surface area contributed by atoms with Gasteiger partial charge < -0.3 is 21.3 Å². The summed E-state index contributed by atoms with van der Waals surface area (Å²) in [5.41, 5.74) is 7.19. The van der Waals surface area contributed by atoms with E-state index in [0.717, 1.165) is 68.6 Å². The number of carbonyl (C=O) groups excluding carboxylic acids is 3. The van der Waals surface area contributed by atoms with Crippen LogP contribution in [0.25, 0.3) is 0 Å². The number of primary amides is 1. The van der Waals surface area contributed by atoms with E-state index in [1.165, 1.54) is 25.7 Å². The number of carbonyl (C=O) groups is 3. The standard InChI is InChI=1S/C26H36N4O3/c27-24(32)20-4-5-22(30-8-2-1-3-9-30)21(13-20)29-23(31)6-7-28-25(33)26-14-17-10-18(15-26)12-19(11-17)16-26/h4-5,13,17-19H,1-3,6-12,14-16H2,(H2,27,32)(H,28,33)(H,29,31). The van der Waals surface area contributed by atoms with E-state index in [1.54, 1.807) is 12.1 Å². The van der Waals surface area contributed by atoms with E-state index in [-0.39, 0.29) is 23.7 Å². The Labute approximate surface area is 195 Å². The fourth-order valence-electron chi connectivity index (χ4n) is 7.28. The number of piperidine rings is 1. The molecule has 178 valence electrons. The first-order chi connectivity index (χ1) is 15.9. The van der Waals surface area contributed by atoms with Crippen LogP contribution in [0.1, 0.15) is 74.6 Å². The van der Waals surface area contributed by atoms with Crippen LogP contribution in [-0.4, -0.2) is 37.4 Å². The Balaban J connectivity index is 1.19. The molecule has 4 bridgehead atoms. The molecule has 7 nitrogen and oxygen atoms in total. The molecular formula is C26H36N4O3. The van der Waals surface area contributed by atoms with E-state index < -0.39 is 5.91 Å². The number of amides is 3. The molecule has 4 aliphatic carbocycles. The van der Waals surface area contributed by atoms with Gasteiger partial charge in [-0.15, -0.1) is 0 Å². The molecule has 5 fully saturated rings. The second-order valence-corrected chi connectivity index (χ2v) is 10.9. The van der Waals surface area contributed by atoms with Gasteiger partial charge in [-0.2, -0.15) is 0 Å². The molecule has 3 amide bonds. The highest BCUT2D eigenvalue weighted by atomic mass is 16.2. The Morgan fingerprint density at radius 3 is 2.21 bits per heavy atom. The van der Waals surface area contributed by atoms with Gasteiger partial charge in [0.2, 0.25) is 17.7 Å². The van der Waals surface area contributed by atoms with Gasteiger partial charge in [0.25, 0.3) is 0 Å². The summed E-state index contributed by atoms with van der Waals surface area (Å²) in [7, 11) is 0. The third-order valence-electron chi connectivity index (χ3n) is 8.41. The topological polar surface area (TPSA) is 105 Å². The maximum absolute atomic E-state index is 13.1. The third kappa shape index (κ3) is 4.59. The van der Waals surface area contributed by atoms with Crippen LogP contribution in [0.5, 0.6) is 0 Å². The third-order valence-corrected chi connectivity index (χ3v) is 8.41. The molecule has 4 saturated carbocycles. The fourth-order valence-corrected chi connectivity index (χ4v) is 7.28. The summed E-state index contributed by atoms with van der Waals surface area (Å²) in [6.45, 7) is 2.20. The lowest BCUT2D eigenvalue weighted by atomic mass is 9.49. The quantitative estimate of drug-likeness (QED) is 0.589. The number of rotatable bonds is 7. The average molecular weight is 453 g/mol. The molecule has 1 aromatic rings. The summed E-state index contributed by atoms with van der Waals surface area (Å²) in [5, 5.41) is 6.05. The first-order valence-electron chi connectivity index (χ1n) is 12.7. The second kappa shape index (κ2) is 8.99. The molecule has 1 aliphatic heterocycles. The van der Waals surface area contributed by atoms with Crippen LogP contribution < -0.4 is 21.3 Å². The Bertz CT molecular complexity index is 902. The summed E-state index contributed by atoms with van der Waals surface area (Å²) in [4.78, 5) is 39.8. The largest absolute Gasteiger partial charge is 0.370 e. The molecule has 33 heavy (non-hydrogen) atoms. The van der Waals surface area contributed by atoms with Crippen molar-refractivity contribution in [1.29, 1.82) is 0 Å². The van der Waals surface area contributed by atoms with Crippen LogP contribution in [0, 0.1) is 23.2 Å². The molecule has 0 unspecified atom stereocenters. The van der Waals surface area contributed by atoms with Crippen molar-refractivity contribution in [2.24, 2.45) is 28.9 Å². The van der Waals surface area contributed by atoms with Gasteiger partial charge >= 0.3 is 0 Å². The molecule has 6 rings (SSSR count). The molecular weight excluding hydrogens is 416 g/mol. The predicted molar refractivity (Wildman–Crippen MR) is 128 cm³/mol. The van der Waals surface area contributed by atoms with E-state index in [4.69, 9.17) is 5.73 Å².